The minimum atomic E-state index is -3.96. The minimum absolute atomic E-state index is 0.291. The first-order valence-electron chi connectivity index (χ1n) is 6.23. The number of nitrogens with two attached hydrogens (primary N) is 1. The molecule has 3 N–H and O–H groups in total. The lowest BCUT2D eigenvalue weighted by atomic mass is 10.1. The van der Waals surface area contributed by atoms with Crippen LogP contribution in [0.4, 0.5) is 10.1 Å². The van der Waals surface area contributed by atoms with Crippen molar-refractivity contribution in [3.63, 3.8) is 0 Å². The van der Waals surface area contributed by atoms with E-state index < -0.39 is 27.6 Å². The third-order valence-corrected chi connectivity index (χ3v) is 4.75. The van der Waals surface area contributed by atoms with Crippen molar-refractivity contribution < 1.29 is 17.3 Å². The van der Waals surface area contributed by atoms with Gasteiger partial charge in [-0.2, -0.15) is 0 Å². The zero-order valence-corrected chi connectivity index (χ0v) is 12.7. The van der Waals surface area contributed by atoms with E-state index in [4.69, 9.17) is 10.3 Å². The smallest absolute Gasteiger partial charge is 0.243 e. The summed E-state index contributed by atoms with van der Waals surface area (Å²) in [7, 11) is -3.96. The molecule has 0 saturated carbocycles. The molecule has 0 saturated heterocycles. The first kappa shape index (κ1) is 15.5. The fraction of sp³-hybridized carbons (Fsp3) is 0.308. The maximum absolute atomic E-state index is 13.4. The molecular weight excluding hydrogens is 297 g/mol. The van der Waals surface area contributed by atoms with Crippen LogP contribution in [0.3, 0.4) is 0 Å². The van der Waals surface area contributed by atoms with E-state index in [0.717, 1.165) is 6.07 Å². The molecule has 0 spiro atoms. The summed E-state index contributed by atoms with van der Waals surface area (Å²) >= 11 is 0. The average molecular weight is 313 g/mol. The van der Waals surface area contributed by atoms with Crippen LogP contribution in [-0.4, -0.2) is 13.6 Å². The second-order valence-electron chi connectivity index (χ2n) is 4.73. The van der Waals surface area contributed by atoms with Crippen LogP contribution in [0, 0.1) is 19.7 Å². The van der Waals surface area contributed by atoms with Crippen LogP contribution in [0.1, 0.15) is 30.0 Å². The Bertz CT molecular complexity index is 751. The van der Waals surface area contributed by atoms with E-state index in [2.05, 4.69) is 9.88 Å². The van der Waals surface area contributed by atoms with Crippen LogP contribution >= 0.6 is 0 Å². The van der Waals surface area contributed by atoms with E-state index in [0.29, 0.717) is 17.0 Å². The number of sulfonamides is 1. The molecule has 0 amide bonds. The molecule has 1 aromatic heterocycles. The molecule has 8 heteroatoms. The molecular formula is C13H16FN3O3S. The highest BCUT2D eigenvalue weighted by atomic mass is 32.2. The predicted molar refractivity (Wildman–Crippen MR) is 75.5 cm³/mol. The molecule has 0 fully saturated rings. The standard InChI is InChI=1S/C13H16FN3O3S/c1-7-12(9(3)20-16-7)8(2)17-21(18,19)11-6-4-5-10(14)13(11)15/h4-6,8,17H,15H2,1-3H3. The number of nitrogens with one attached hydrogen (secondary N) is 1. The van der Waals surface area contributed by atoms with E-state index in [1.54, 1.807) is 20.8 Å². The van der Waals surface area contributed by atoms with Gasteiger partial charge in [-0.3, -0.25) is 0 Å². The monoisotopic (exact) mass is 313 g/mol. The third-order valence-electron chi connectivity index (χ3n) is 3.16. The number of nitrogens with zero attached hydrogens (tertiary/aromatic N) is 1. The van der Waals surface area contributed by atoms with Gasteiger partial charge >= 0.3 is 0 Å². The molecule has 114 valence electrons. The molecule has 0 radical (unpaired) electrons. The van der Waals surface area contributed by atoms with E-state index in [1.165, 1.54) is 12.1 Å². The van der Waals surface area contributed by atoms with Gasteiger partial charge in [0.05, 0.1) is 11.4 Å². The van der Waals surface area contributed by atoms with Gasteiger partial charge in [-0.1, -0.05) is 11.2 Å². The quantitative estimate of drug-likeness (QED) is 0.842. The van der Waals surface area contributed by atoms with E-state index in [1.807, 2.05) is 0 Å². The summed E-state index contributed by atoms with van der Waals surface area (Å²) in [6, 6.07) is 3.07. The van der Waals surface area contributed by atoms with Crippen LogP contribution < -0.4 is 10.5 Å². The Morgan fingerprint density at radius 3 is 2.62 bits per heavy atom. The maximum atomic E-state index is 13.4. The highest BCUT2D eigenvalue weighted by molar-refractivity contribution is 7.89. The minimum Gasteiger partial charge on any atom is -0.395 e. The van der Waals surface area contributed by atoms with Gasteiger partial charge in [0, 0.05) is 11.6 Å². The van der Waals surface area contributed by atoms with Crippen LogP contribution in [-0.2, 0) is 10.0 Å². The zero-order chi connectivity index (χ0) is 15.8. The molecule has 1 aromatic carbocycles. The maximum Gasteiger partial charge on any atom is 0.243 e. The highest BCUT2D eigenvalue weighted by Crippen LogP contribution is 2.26. The van der Waals surface area contributed by atoms with Gasteiger partial charge in [-0.05, 0) is 32.9 Å². The number of hydrogen-bond acceptors (Lipinski definition) is 5. The Balaban J connectivity index is 2.36. The van der Waals surface area contributed by atoms with Crippen molar-refractivity contribution in [2.45, 2.75) is 31.7 Å². The third kappa shape index (κ3) is 2.91. The van der Waals surface area contributed by atoms with Gasteiger partial charge in [-0.15, -0.1) is 0 Å². The number of halogens is 1. The number of hydrogen-bond donors (Lipinski definition) is 2. The fourth-order valence-electron chi connectivity index (χ4n) is 2.21. The Morgan fingerprint density at radius 2 is 2.05 bits per heavy atom. The van der Waals surface area contributed by atoms with Gasteiger partial charge < -0.3 is 10.3 Å². The van der Waals surface area contributed by atoms with Crippen LogP contribution in [0.15, 0.2) is 27.6 Å². The zero-order valence-electron chi connectivity index (χ0n) is 11.8. The normalized spacial score (nSPS) is 13.3. The van der Waals surface area contributed by atoms with Crippen LogP contribution in [0.2, 0.25) is 0 Å². The highest BCUT2D eigenvalue weighted by Gasteiger charge is 2.25. The second kappa shape index (κ2) is 5.45. The molecule has 1 unspecified atom stereocenters. The first-order chi connectivity index (χ1) is 9.74. The molecule has 2 aromatic rings. The summed E-state index contributed by atoms with van der Waals surface area (Å²) in [5.41, 5.74) is 6.33. The Hall–Kier alpha value is -1.93. The van der Waals surface area contributed by atoms with Crippen molar-refractivity contribution in [3.05, 3.63) is 41.0 Å². The first-order valence-corrected chi connectivity index (χ1v) is 7.71. The summed E-state index contributed by atoms with van der Waals surface area (Å²) in [5.74, 6) is -0.252. The lowest BCUT2D eigenvalue weighted by Gasteiger charge is -2.15. The molecule has 0 bridgehead atoms. The van der Waals surface area contributed by atoms with E-state index in [-0.39, 0.29) is 4.90 Å². The van der Waals surface area contributed by atoms with Gasteiger partial charge in [0.2, 0.25) is 10.0 Å². The molecule has 2 rings (SSSR count). The van der Waals surface area contributed by atoms with Crippen molar-refractivity contribution >= 4 is 15.7 Å². The van der Waals surface area contributed by atoms with Crippen molar-refractivity contribution in [1.29, 1.82) is 0 Å². The van der Waals surface area contributed by atoms with Crippen molar-refractivity contribution in [2.75, 3.05) is 5.73 Å². The number of nitrogen functional groups attached to an aromatic ring is 1. The number of rotatable bonds is 4. The summed E-state index contributed by atoms with van der Waals surface area (Å²) in [4.78, 5) is -0.291. The predicted octanol–water partition coefficient (Wildman–Crippen LogP) is 2.05. The molecule has 0 aliphatic heterocycles. The topological polar surface area (TPSA) is 98.2 Å². The Morgan fingerprint density at radius 1 is 1.38 bits per heavy atom. The van der Waals surface area contributed by atoms with Crippen LogP contribution in [0.5, 0.6) is 0 Å². The molecule has 0 aliphatic rings. The number of benzene rings is 1. The molecule has 6 nitrogen and oxygen atoms in total. The van der Waals surface area contributed by atoms with Crippen LogP contribution in [0.25, 0.3) is 0 Å². The number of anilines is 1. The van der Waals surface area contributed by atoms with Crippen molar-refractivity contribution in [2.24, 2.45) is 0 Å². The lowest BCUT2D eigenvalue weighted by Crippen LogP contribution is -2.28. The van der Waals surface area contributed by atoms with Gasteiger partial charge in [-0.25, -0.2) is 17.5 Å². The molecule has 0 aliphatic carbocycles. The molecule has 1 atom stereocenters. The van der Waals surface area contributed by atoms with Gasteiger partial charge in [0.25, 0.3) is 0 Å². The Kier molecular flexibility index (Phi) is 4.02. The second-order valence-corrected chi connectivity index (χ2v) is 6.41. The fourth-order valence-corrected chi connectivity index (χ4v) is 3.57. The van der Waals surface area contributed by atoms with Gasteiger partial charge in [0.1, 0.15) is 16.5 Å². The summed E-state index contributed by atoms with van der Waals surface area (Å²) in [6.07, 6.45) is 0. The Labute approximate surface area is 122 Å². The summed E-state index contributed by atoms with van der Waals surface area (Å²) in [6.45, 7) is 5.06. The lowest BCUT2D eigenvalue weighted by molar-refractivity contribution is 0.391. The molecule has 21 heavy (non-hydrogen) atoms. The van der Waals surface area contributed by atoms with Gasteiger partial charge in [0.15, 0.2) is 0 Å². The molecule has 1 heterocycles. The number of aromatic nitrogens is 1. The number of aryl methyl sites for hydroxylation is 2. The average Bonchev–Trinajstić information content (AvgIpc) is 2.71. The summed E-state index contributed by atoms with van der Waals surface area (Å²) in [5, 5.41) is 3.78. The van der Waals surface area contributed by atoms with E-state index >= 15 is 0 Å². The SMILES string of the molecule is Cc1noc(C)c1C(C)NS(=O)(=O)c1cccc(F)c1N. The number of para-hydroxylation sites is 1. The largest absolute Gasteiger partial charge is 0.395 e. The van der Waals surface area contributed by atoms with Crippen molar-refractivity contribution in [1.82, 2.24) is 9.88 Å². The van der Waals surface area contributed by atoms with E-state index in [9.17, 15) is 12.8 Å². The van der Waals surface area contributed by atoms with Crippen molar-refractivity contribution in [3.8, 4) is 0 Å². The summed E-state index contributed by atoms with van der Waals surface area (Å²) < 4.78 is 45.5.